The minimum Gasteiger partial charge on any atom is -0.477 e. The summed E-state index contributed by atoms with van der Waals surface area (Å²) in [5, 5.41) is 11.7. The summed E-state index contributed by atoms with van der Waals surface area (Å²) in [5.41, 5.74) is 0.228. The van der Waals surface area contributed by atoms with Gasteiger partial charge in [-0.25, -0.2) is 4.79 Å². The van der Waals surface area contributed by atoms with Crippen LogP contribution in [-0.4, -0.2) is 16.0 Å². The average molecular weight is 176 g/mol. The zero-order chi connectivity index (χ0) is 9.26. The van der Waals surface area contributed by atoms with Crippen molar-refractivity contribution in [3.8, 4) is 0 Å². The highest BCUT2D eigenvalue weighted by atomic mass is 16.4. The molecule has 0 radical (unpaired) electrons. The van der Waals surface area contributed by atoms with Crippen molar-refractivity contribution in [2.24, 2.45) is 0 Å². The minimum atomic E-state index is -0.942. The van der Waals surface area contributed by atoms with E-state index in [2.05, 4.69) is 5.32 Å². The number of carboxylic acid groups (broad SMARTS) is 1. The van der Waals surface area contributed by atoms with Gasteiger partial charge in [0.15, 0.2) is 0 Å². The average Bonchev–Trinajstić information content (AvgIpc) is 2.36. The number of allylic oxidation sites excluding steroid dienone is 4. The minimum absolute atomic E-state index is 0.228. The van der Waals surface area contributed by atoms with Crippen molar-refractivity contribution < 1.29 is 9.90 Å². The molecule has 0 amide bonds. The molecule has 0 aromatic rings. The van der Waals surface area contributed by atoms with Gasteiger partial charge in [-0.3, -0.25) is 4.90 Å². The van der Waals surface area contributed by atoms with Crippen LogP contribution in [0.4, 0.5) is 0 Å². The molecule has 0 bridgehead atoms. The number of rotatable bonds is 1. The largest absolute Gasteiger partial charge is 0.477 e. The maximum absolute atomic E-state index is 10.7. The van der Waals surface area contributed by atoms with Crippen molar-refractivity contribution in [1.82, 2.24) is 10.2 Å². The van der Waals surface area contributed by atoms with Gasteiger partial charge in [0, 0.05) is 12.4 Å². The molecule has 0 aromatic heterocycles. The number of carboxylic acids is 1. The first kappa shape index (κ1) is 7.67. The lowest BCUT2D eigenvalue weighted by Gasteiger charge is -2.14. The molecule has 0 aromatic carbocycles. The summed E-state index contributed by atoms with van der Waals surface area (Å²) < 4.78 is 0. The molecule has 2 N–H and O–H groups in total. The van der Waals surface area contributed by atoms with Gasteiger partial charge in [-0.1, -0.05) is 12.2 Å². The van der Waals surface area contributed by atoms with Crippen LogP contribution in [0.15, 0.2) is 48.2 Å². The summed E-state index contributed by atoms with van der Waals surface area (Å²) in [4.78, 5) is 12.3. The van der Waals surface area contributed by atoms with Crippen LogP contribution >= 0.6 is 0 Å². The fourth-order valence-corrected chi connectivity index (χ4v) is 1.21. The Hall–Kier alpha value is -1.97. The van der Waals surface area contributed by atoms with E-state index in [4.69, 9.17) is 5.11 Å². The van der Waals surface area contributed by atoms with Crippen LogP contribution in [0.2, 0.25) is 0 Å². The van der Waals surface area contributed by atoms with Crippen LogP contribution in [0.5, 0.6) is 0 Å². The number of carbonyl (C=O) groups is 1. The maximum atomic E-state index is 10.7. The SMILES string of the molecule is O=C(O)C1=CNC2=CC=CC=CN21. The molecule has 2 aliphatic rings. The molecule has 13 heavy (non-hydrogen) atoms. The van der Waals surface area contributed by atoms with Gasteiger partial charge in [-0.2, -0.15) is 0 Å². The van der Waals surface area contributed by atoms with Crippen molar-refractivity contribution in [2.75, 3.05) is 0 Å². The van der Waals surface area contributed by atoms with Gasteiger partial charge in [0.1, 0.15) is 11.5 Å². The second-order valence-electron chi connectivity index (χ2n) is 2.63. The van der Waals surface area contributed by atoms with E-state index in [0.29, 0.717) is 0 Å². The third-order valence-corrected chi connectivity index (χ3v) is 1.81. The number of hydrogen-bond donors (Lipinski definition) is 2. The Morgan fingerprint density at radius 1 is 1.38 bits per heavy atom. The molecule has 2 aliphatic heterocycles. The number of hydrogen-bond acceptors (Lipinski definition) is 3. The Labute approximate surface area is 75.2 Å². The monoisotopic (exact) mass is 176 g/mol. The second kappa shape index (κ2) is 2.82. The highest BCUT2D eigenvalue weighted by Gasteiger charge is 2.23. The molecular weight excluding hydrogens is 168 g/mol. The van der Waals surface area contributed by atoms with Gasteiger partial charge in [-0.15, -0.1) is 0 Å². The van der Waals surface area contributed by atoms with Gasteiger partial charge in [0.05, 0.1) is 0 Å². The molecule has 0 atom stereocenters. The third kappa shape index (κ3) is 1.22. The van der Waals surface area contributed by atoms with E-state index in [1.807, 2.05) is 18.2 Å². The predicted octanol–water partition coefficient (Wildman–Crippen LogP) is 0.743. The predicted molar refractivity (Wildman–Crippen MR) is 47.1 cm³/mol. The van der Waals surface area contributed by atoms with Crippen molar-refractivity contribution in [1.29, 1.82) is 0 Å². The van der Waals surface area contributed by atoms with Crippen LogP contribution in [-0.2, 0) is 4.79 Å². The summed E-state index contributed by atoms with van der Waals surface area (Å²) in [7, 11) is 0. The van der Waals surface area contributed by atoms with Crippen LogP contribution in [0.25, 0.3) is 0 Å². The molecule has 0 fully saturated rings. The highest BCUT2D eigenvalue weighted by molar-refractivity contribution is 5.87. The van der Waals surface area contributed by atoms with Gasteiger partial charge >= 0.3 is 5.97 Å². The smallest absolute Gasteiger partial charge is 0.354 e. The van der Waals surface area contributed by atoms with Crippen molar-refractivity contribution in [3.63, 3.8) is 0 Å². The van der Waals surface area contributed by atoms with Crippen LogP contribution in [0.1, 0.15) is 0 Å². The second-order valence-corrected chi connectivity index (χ2v) is 2.63. The topological polar surface area (TPSA) is 52.6 Å². The zero-order valence-corrected chi connectivity index (χ0v) is 6.77. The van der Waals surface area contributed by atoms with Gasteiger partial charge in [0.2, 0.25) is 0 Å². The molecule has 0 aliphatic carbocycles. The molecule has 0 spiro atoms. The van der Waals surface area contributed by atoms with E-state index >= 15 is 0 Å². The Kier molecular flexibility index (Phi) is 1.66. The first-order valence-electron chi connectivity index (χ1n) is 3.83. The van der Waals surface area contributed by atoms with Crippen LogP contribution in [0, 0.1) is 0 Å². The first-order chi connectivity index (χ1) is 6.29. The van der Waals surface area contributed by atoms with E-state index in [1.54, 1.807) is 17.2 Å². The first-order valence-corrected chi connectivity index (χ1v) is 3.83. The molecule has 0 saturated carbocycles. The number of aliphatic carboxylic acids is 1. The van der Waals surface area contributed by atoms with Gasteiger partial charge in [0.25, 0.3) is 0 Å². The fraction of sp³-hybridized carbons (Fsp3) is 0. The number of fused-ring (bicyclic) bond motifs is 1. The molecule has 0 unspecified atom stereocenters. The summed E-state index contributed by atoms with van der Waals surface area (Å²) in [5.74, 6) is -0.190. The third-order valence-electron chi connectivity index (χ3n) is 1.81. The summed E-state index contributed by atoms with van der Waals surface area (Å²) in [6, 6.07) is 0. The summed E-state index contributed by atoms with van der Waals surface area (Å²) in [6.07, 6.45) is 10.5. The van der Waals surface area contributed by atoms with E-state index in [1.165, 1.54) is 6.20 Å². The molecular formula is C9H8N2O2. The van der Waals surface area contributed by atoms with Gasteiger partial charge < -0.3 is 10.4 Å². The molecule has 0 saturated heterocycles. The van der Waals surface area contributed by atoms with Crippen molar-refractivity contribution in [3.05, 3.63) is 48.2 Å². The van der Waals surface area contributed by atoms with E-state index in [0.717, 1.165) is 5.82 Å². The summed E-state index contributed by atoms with van der Waals surface area (Å²) >= 11 is 0. The van der Waals surface area contributed by atoms with Crippen LogP contribution in [0.3, 0.4) is 0 Å². The lowest BCUT2D eigenvalue weighted by molar-refractivity contribution is -0.133. The standard InChI is InChI=1S/C9H8N2O2/c12-9(13)7-6-10-8-4-2-1-3-5-11(7)8/h1-6,10H,(H,12,13). The lowest BCUT2D eigenvalue weighted by atomic mass is 10.4. The molecule has 2 heterocycles. The molecule has 4 nitrogen and oxygen atoms in total. The zero-order valence-electron chi connectivity index (χ0n) is 6.77. The Morgan fingerprint density at radius 2 is 2.23 bits per heavy atom. The maximum Gasteiger partial charge on any atom is 0.354 e. The normalized spacial score (nSPS) is 18.6. The Morgan fingerprint density at radius 3 is 3.00 bits per heavy atom. The lowest BCUT2D eigenvalue weighted by Crippen LogP contribution is -2.19. The van der Waals surface area contributed by atoms with E-state index in [9.17, 15) is 4.79 Å². The van der Waals surface area contributed by atoms with Gasteiger partial charge in [-0.05, 0) is 12.2 Å². The summed E-state index contributed by atoms with van der Waals surface area (Å²) in [6.45, 7) is 0. The van der Waals surface area contributed by atoms with E-state index < -0.39 is 5.97 Å². The molecule has 66 valence electrons. The molecule has 2 rings (SSSR count). The van der Waals surface area contributed by atoms with Crippen molar-refractivity contribution >= 4 is 5.97 Å². The Bertz CT molecular complexity index is 364. The number of nitrogens with zero attached hydrogens (tertiary/aromatic N) is 1. The quantitative estimate of drug-likeness (QED) is 0.618. The van der Waals surface area contributed by atoms with Crippen LogP contribution < -0.4 is 5.32 Å². The van der Waals surface area contributed by atoms with E-state index in [-0.39, 0.29) is 5.70 Å². The molecule has 4 heteroatoms. The number of nitrogens with one attached hydrogen (secondary N) is 1. The fourth-order valence-electron chi connectivity index (χ4n) is 1.21. The highest BCUT2D eigenvalue weighted by Crippen LogP contribution is 2.19. The van der Waals surface area contributed by atoms with Crippen molar-refractivity contribution in [2.45, 2.75) is 0 Å². The Balaban J connectivity index is 2.35.